The summed E-state index contributed by atoms with van der Waals surface area (Å²) in [5.74, 6) is 0.871. The van der Waals surface area contributed by atoms with Gasteiger partial charge in [-0.25, -0.2) is 9.59 Å². The number of nitrogens with zero attached hydrogens (tertiary/aromatic N) is 1. The summed E-state index contributed by atoms with van der Waals surface area (Å²) in [4.78, 5) is 32.8. The van der Waals surface area contributed by atoms with Gasteiger partial charge in [-0.2, -0.15) is 0 Å². The third-order valence-electron chi connectivity index (χ3n) is 7.35. The number of benzene rings is 3. The molecule has 3 aromatic carbocycles. The molecule has 0 aromatic heterocycles. The van der Waals surface area contributed by atoms with E-state index in [2.05, 4.69) is 15.7 Å². The van der Waals surface area contributed by atoms with Gasteiger partial charge in [0.1, 0.15) is 5.75 Å². The Morgan fingerprint density at radius 1 is 0.872 bits per heavy atom. The van der Waals surface area contributed by atoms with Crippen molar-refractivity contribution in [2.75, 3.05) is 32.8 Å². The monoisotopic (exact) mass is 529 g/mol. The Balaban J connectivity index is 1.15. The molecule has 3 fully saturated rings. The Bertz CT molecular complexity index is 1220. The molecule has 1 unspecified atom stereocenters. The Hall–Kier alpha value is -3.88. The number of hydroxylamine groups is 1. The molecule has 2 N–H and O–H groups in total. The molecule has 6 rings (SSSR count). The van der Waals surface area contributed by atoms with E-state index in [4.69, 9.17) is 14.3 Å². The average molecular weight is 530 g/mol. The predicted octanol–water partition coefficient (Wildman–Crippen LogP) is 4.73. The van der Waals surface area contributed by atoms with Gasteiger partial charge >= 0.3 is 12.1 Å². The van der Waals surface area contributed by atoms with Crippen molar-refractivity contribution in [3.8, 4) is 5.75 Å². The van der Waals surface area contributed by atoms with Crippen LogP contribution in [-0.4, -0.2) is 55.9 Å². The summed E-state index contributed by atoms with van der Waals surface area (Å²) in [6.07, 6.45) is 2.31. The van der Waals surface area contributed by atoms with Crippen LogP contribution in [0.25, 0.3) is 0 Å². The van der Waals surface area contributed by atoms with Gasteiger partial charge in [0.15, 0.2) is 0 Å². The van der Waals surface area contributed by atoms with Crippen molar-refractivity contribution in [2.45, 2.75) is 31.3 Å². The van der Waals surface area contributed by atoms with Gasteiger partial charge in [0.25, 0.3) is 0 Å². The van der Waals surface area contributed by atoms with Crippen molar-refractivity contribution in [1.29, 1.82) is 0 Å². The van der Waals surface area contributed by atoms with Crippen LogP contribution >= 0.6 is 0 Å². The third-order valence-corrected chi connectivity index (χ3v) is 7.35. The number of esters is 1. The molecule has 0 aliphatic carbocycles. The molecule has 3 saturated heterocycles. The summed E-state index contributed by atoms with van der Waals surface area (Å²) in [5, 5.41) is 3.01. The zero-order valence-corrected chi connectivity index (χ0v) is 22.0. The third kappa shape index (κ3) is 7.37. The van der Waals surface area contributed by atoms with Crippen LogP contribution in [0.5, 0.6) is 5.75 Å². The van der Waals surface area contributed by atoms with Crippen molar-refractivity contribution in [1.82, 2.24) is 15.7 Å². The number of fused-ring (bicyclic) bond motifs is 3. The van der Waals surface area contributed by atoms with Crippen LogP contribution in [0, 0.1) is 5.92 Å². The Morgan fingerprint density at radius 2 is 1.59 bits per heavy atom. The van der Waals surface area contributed by atoms with Gasteiger partial charge in [-0.15, -0.1) is 5.48 Å². The van der Waals surface area contributed by atoms with Crippen LogP contribution in [0.2, 0.25) is 0 Å². The fourth-order valence-electron chi connectivity index (χ4n) is 5.24. The molecule has 2 bridgehead atoms. The van der Waals surface area contributed by atoms with Gasteiger partial charge in [0, 0.05) is 13.0 Å². The highest BCUT2D eigenvalue weighted by Gasteiger charge is 2.35. The van der Waals surface area contributed by atoms with E-state index in [0.29, 0.717) is 30.3 Å². The Kier molecular flexibility index (Phi) is 9.09. The number of hydrogen-bond donors (Lipinski definition) is 2. The lowest BCUT2D eigenvalue weighted by Crippen LogP contribution is -2.56. The summed E-state index contributed by atoms with van der Waals surface area (Å²) in [5.41, 5.74) is 5.35. The second-order valence-corrected chi connectivity index (χ2v) is 10.0. The maximum atomic E-state index is 12.9. The summed E-state index contributed by atoms with van der Waals surface area (Å²) in [6.45, 7) is 3.82. The quantitative estimate of drug-likeness (QED) is 0.211. The molecule has 3 aromatic rings. The SMILES string of the molecule is O=C(NC(c1ccccc1)c1cccc(OCCCOC(=O)c2ccccc2)c1)ON[C@H]1CN2CCC1CC2. The van der Waals surface area contributed by atoms with E-state index in [1.54, 1.807) is 24.3 Å². The van der Waals surface area contributed by atoms with E-state index >= 15 is 0 Å². The number of piperidine rings is 3. The van der Waals surface area contributed by atoms with E-state index in [1.165, 1.54) is 0 Å². The first-order valence-corrected chi connectivity index (χ1v) is 13.6. The largest absolute Gasteiger partial charge is 0.493 e. The molecule has 3 heterocycles. The number of rotatable bonds is 11. The molecule has 8 nitrogen and oxygen atoms in total. The smallest absolute Gasteiger partial charge is 0.426 e. The predicted molar refractivity (Wildman–Crippen MR) is 147 cm³/mol. The summed E-state index contributed by atoms with van der Waals surface area (Å²) < 4.78 is 11.3. The molecule has 0 saturated carbocycles. The molecule has 204 valence electrons. The standard InChI is InChI=1S/C31H35N3O5/c35-30(25-11-5-2-6-12-25)38-20-8-19-37-27-14-7-13-26(21-27)29(24-9-3-1-4-10-24)32-31(36)39-33-28-22-34-17-15-23(28)16-18-34/h1-7,9-14,21,23,28-29,33H,8,15-20,22H2,(H,32,36)/t28-,29?/m0/s1. The van der Waals surface area contributed by atoms with Crippen LogP contribution in [0.3, 0.4) is 0 Å². The highest BCUT2D eigenvalue weighted by atomic mass is 16.7. The van der Waals surface area contributed by atoms with Crippen LogP contribution in [-0.2, 0) is 9.57 Å². The van der Waals surface area contributed by atoms with Gasteiger partial charge in [-0.1, -0.05) is 60.7 Å². The maximum Gasteiger partial charge on any atom is 0.426 e. The molecule has 39 heavy (non-hydrogen) atoms. The van der Waals surface area contributed by atoms with E-state index in [1.807, 2.05) is 60.7 Å². The molecule has 1 amide bonds. The lowest BCUT2D eigenvalue weighted by Gasteiger charge is -2.44. The number of amides is 1. The molecule has 2 atom stereocenters. The number of hydrogen-bond acceptors (Lipinski definition) is 7. The normalized spacial score (nSPS) is 20.6. The zero-order valence-electron chi connectivity index (χ0n) is 22.0. The Labute approximate surface area is 229 Å². The average Bonchev–Trinajstić information content (AvgIpc) is 3.00. The van der Waals surface area contributed by atoms with E-state index < -0.39 is 12.1 Å². The first kappa shape index (κ1) is 26.7. The fourth-order valence-corrected chi connectivity index (χ4v) is 5.24. The summed E-state index contributed by atoms with van der Waals surface area (Å²) >= 11 is 0. The summed E-state index contributed by atoms with van der Waals surface area (Å²) in [7, 11) is 0. The second-order valence-electron chi connectivity index (χ2n) is 10.0. The molecule has 8 heteroatoms. The highest BCUT2D eigenvalue weighted by molar-refractivity contribution is 5.89. The lowest BCUT2D eigenvalue weighted by atomic mass is 9.84. The zero-order chi connectivity index (χ0) is 26.9. The van der Waals surface area contributed by atoms with E-state index in [9.17, 15) is 9.59 Å². The van der Waals surface area contributed by atoms with Crippen LogP contribution in [0.1, 0.15) is 46.8 Å². The molecule has 0 spiro atoms. The van der Waals surface area contributed by atoms with Crippen LogP contribution < -0.4 is 15.5 Å². The van der Waals surface area contributed by atoms with Crippen molar-refractivity contribution >= 4 is 12.1 Å². The van der Waals surface area contributed by atoms with E-state index in [-0.39, 0.29) is 18.6 Å². The van der Waals surface area contributed by atoms with Crippen molar-refractivity contribution in [3.05, 3.63) is 102 Å². The van der Waals surface area contributed by atoms with Crippen LogP contribution in [0.15, 0.2) is 84.9 Å². The van der Waals surface area contributed by atoms with E-state index in [0.717, 1.165) is 43.6 Å². The first-order valence-electron chi connectivity index (χ1n) is 13.6. The minimum Gasteiger partial charge on any atom is -0.493 e. The number of carbonyl (C=O) groups is 2. The van der Waals surface area contributed by atoms with Crippen LogP contribution in [0.4, 0.5) is 4.79 Å². The lowest BCUT2D eigenvalue weighted by molar-refractivity contribution is -0.00837. The second kappa shape index (κ2) is 13.3. The first-order chi connectivity index (χ1) is 19.2. The van der Waals surface area contributed by atoms with Gasteiger partial charge < -0.3 is 24.5 Å². The summed E-state index contributed by atoms with van der Waals surface area (Å²) in [6, 6.07) is 26.1. The van der Waals surface area contributed by atoms with Crippen molar-refractivity contribution in [3.63, 3.8) is 0 Å². The minimum atomic E-state index is -0.521. The fraction of sp³-hybridized carbons (Fsp3) is 0.355. The maximum absolute atomic E-state index is 12.9. The van der Waals surface area contributed by atoms with Gasteiger partial charge in [-0.3, -0.25) is 0 Å². The van der Waals surface area contributed by atoms with Gasteiger partial charge in [0.2, 0.25) is 0 Å². The minimum absolute atomic E-state index is 0.164. The number of carbonyl (C=O) groups excluding carboxylic acids is 2. The topological polar surface area (TPSA) is 89.1 Å². The number of ether oxygens (including phenoxy) is 2. The molecule has 3 aliphatic rings. The molecular formula is C31H35N3O5. The van der Waals surface area contributed by atoms with Gasteiger partial charge in [-0.05, 0) is 67.2 Å². The van der Waals surface area contributed by atoms with Crippen molar-refractivity contribution in [2.24, 2.45) is 5.92 Å². The Morgan fingerprint density at radius 3 is 2.31 bits per heavy atom. The number of nitrogens with one attached hydrogen (secondary N) is 2. The van der Waals surface area contributed by atoms with Gasteiger partial charge in [0.05, 0.1) is 30.9 Å². The molecule has 0 radical (unpaired) electrons. The molecule has 3 aliphatic heterocycles. The van der Waals surface area contributed by atoms with Crippen molar-refractivity contribution < 1.29 is 23.9 Å². The molecular weight excluding hydrogens is 494 g/mol. The highest BCUT2D eigenvalue weighted by Crippen LogP contribution is 2.28.